The predicted octanol–water partition coefficient (Wildman–Crippen LogP) is 5.71. The van der Waals surface area contributed by atoms with Crippen molar-refractivity contribution in [1.82, 2.24) is 9.80 Å². The highest BCUT2D eigenvalue weighted by atomic mass is 35.5. The van der Waals surface area contributed by atoms with Gasteiger partial charge in [0, 0.05) is 6.54 Å². The lowest BCUT2D eigenvalue weighted by Crippen LogP contribution is -2.60. The summed E-state index contributed by atoms with van der Waals surface area (Å²) in [5.74, 6) is 1.13. The molecule has 1 amide bonds. The molecule has 0 saturated carbocycles. The zero-order valence-corrected chi connectivity index (χ0v) is 19.7. The molecule has 0 unspecified atom stereocenters. The minimum atomic E-state index is -0.791. The molecule has 3 fully saturated rings. The Morgan fingerprint density at radius 3 is 2.44 bits per heavy atom. The van der Waals surface area contributed by atoms with Crippen LogP contribution in [0.5, 0.6) is 5.75 Å². The van der Waals surface area contributed by atoms with Gasteiger partial charge >= 0.3 is 6.09 Å². The van der Waals surface area contributed by atoms with Crippen molar-refractivity contribution in [2.45, 2.75) is 45.2 Å². The number of hydrogen-bond donors (Lipinski definition) is 1. The molecule has 2 bridgehead atoms. The van der Waals surface area contributed by atoms with E-state index < -0.39 is 6.09 Å². The first-order valence-electron chi connectivity index (χ1n) is 11.5. The summed E-state index contributed by atoms with van der Waals surface area (Å²) in [4.78, 5) is 16.9. The van der Waals surface area contributed by atoms with Gasteiger partial charge in [-0.05, 0) is 78.1 Å². The molecular formula is C26H31ClN2O3. The van der Waals surface area contributed by atoms with Gasteiger partial charge in [-0.1, -0.05) is 49.7 Å². The highest BCUT2D eigenvalue weighted by Crippen LogP contribution is 2.51. The third-order valence-electron chi connectivity index (χ3n) is 7.79. The Morgan fingerprint density at radius 2 is 1.84 bits per heavy atom. The Labute approximate surface area is 194 Å². The fraction of sp³-hybridized carbons (Fsp3) is 0.500. The van der Waals surface area contributed by atoms with Crippen molar-refractivity contribution in [1.29, 1.82) is 0 Å². The summed E-state index contributed by atoms with van der Waals surface area (Å²) in [7, 11) is 1.61. The Bertz CT molecular complexity index is 1050. The number of halogens is 1. The van der Waals surface area contributed by atoms with Gasteiger partial charge in [-0.2, -0.15) is 0 Å². The van der Waals surface area contributed by atoms with Gasteiger partial charge in [0.2, 0.25) is 0 Å². The van der Waals surface area contributed by atoms with E-state index in [0.29, 0.717) is 16.7 Å². The quantitative estimate of drug-likeness (QED) is 0.642. The highest BCUT2D eigenvalue weighted by Gasteiger charge is 2.50. The van der Waals surface area contributed by atoms with Crippen LogP contribution in [0.1, 0.15) is 43.9 Å². The SMILES string of the molecule is COc1ccc(-c2ccc3c(c2)CC(C)(C)[C@H]3N(C(=O)O)[C@@H]2CN3CCC2CC3)cc1Cl. The smallest absolute Gasteiger partial charge is 0.408 e. The largest absolute Gasteiger partial charge is 0.495 e. The Kier molecular flexibility index (Phi) is 5.37. The number of hydrogen-bond acceptors (Lipinski definition) is 3. The lowest BCUT2D eigenvalue weighted by atomic mass is 9.79. The monoisotopic (exact) mass is 454 g/mol. The zero-order chi connectivity index (χ0) is 22.6. The van der Waals surface area contributed by atoms with Crippen LogP contribution >= 0.6 is 11.6 Å². The summed E-state index contributed by atoms with van der Waals surface area (Å²) in [5, 5.41) is 11.0. The van der Waals surface area contributed by atoms with Crippen LogP contribution in [0, 0.1) is 11.3 Å². The van der Waals surface area contributed by atoms with E-state index in [1.165, 1.54) is 5.56 Å². The van der Waals surface area contributed by atoms with Crippen LogP contribution < -0.4 is 4.74 Å². The van der Waals surface area contributed by atoms with E-state index in [2.05, 4.69) is 36.9 Å². The number of rotatable bonds is 4. The molecule has 0 spiro atoms. The Hall–Kier alpha value is -2.24. The summed E-state index contributed by atoms with van der Waals surface area (Å²) < 4.78 is 5.28. The zero-order valence-electron chi connectivity index (χ0n) is 19.0. The summed E-state index contributed by atoms with van der Waals surface area (Å²) in [6.07, 6.45) is 2.27. The molecule has 2 aromatic carbocycles. The Morgan fingerprint density at radius 1 is 1.16 bits per heavy atom. The standard InChI is InChI=1S/C26H31ClN2O3/c1-26(2)14-19-12-17(18-5-7-23(32-3)21(27)13-18)4-6-20(19)24(26)29(25(30)31)22-15-28-10-8-16(22)9-11-28/h4-7,12-13,16,22,24H,8-11,14-15H2,1-3H3,(H,30,31)/t22-,24+/m1/s1. The third-order valence-corrected chi connectivity index (χ3v) is 8.08. The van der Waals surface area contributed by atoms with Crippen LogP contribution in [0.15, 0.2) is 36.4 Å². The molecule has 0 radical (unpaired) electrons. The number of carbonyl (C=O) groups is 1. The second kappa shape index (κ2) is 7.96. The highest BCUT2D eigenvalue weighted by molar-refractivity contribution is 6.32. The van der Waals surface area contributed by atoms with Gasteiger partial charge in [0.25, 0.3) is 0 Å². The van der Waals surface area contributed by atoms with Gasteiger partial charge in [0.1, 0.15) is 5.75 Å². The summed E-state index contributed by atoms with van der Waals surface area (Å²) in [5.41, 5.74) is 4.35. The molecule has 3 saturated heterocycles. The van der Waals surface area contributed by atoms with Crippen molar-refractivity contribution in [3.05, 3.63) is 52.5 Å². The van der Waals surface area contributed by atoms with E-state index in [-0.39, 0.29) is 17.5 Å². The number of amides is 1. The Balaban J connectivity index is 1.51. The van der Waals surface area contributed by atoms with Crippen LogP contribution in [0.25, 0.3) is 11.1 Å². The molecule has 4 aliphatic rings. The lowest BCUT2D eigenvalue weighted by Gasteiger charge is -2.51. The number of carboxylic acid groups (broad SMARTS) is 1. The van der Waals surface area contributed by atoms with Gasteiger partial charge in [-0.3, -0.25) is 4.90 Å². The first-order chi connectivity index (χ1) is 15.3. The maximum atomic E-state index is 12.6. The van der Waals surface area contributed by atoms with Crippen molar-refractivity contribution in [3.63, 3.8) is 0 Å². The van der Waals surface area contributed by atoms with Crippen molar-refractivity contribution in [2.24, 2.45) is 11.3 Å². The summed E-state index contributed by atoms with van der Waals surface area (Å²) in [6.45, 7) is 7.49. The van der Waals surface area contributed by atoms with E-state index in [9.17, 15) is 9.90 Å². The van der Waals surface area contributed by atoms with Gasteiger partial charge in [0.05, 0.1) is 24.2 Å². The van der Waals surface area contributed by atoms with Crippen molar-refractivity contribution in [3.8, 4) is 16.9 Å². The molecule has 170 valence electrons. The topological polar surface area (TPSA) is 53.0 Å². The van der Waals surface area contributed by atoms with Gasteiger partial charge < -0.3 is 14.7 Å². The van der Waals surface area contributed by atoms with E-state index in [0.717, 1.165) is 55.6 Å². The molecule has 3 heterocycles. The molecule has 6 heteroatoms. The normalized spacial score (nSPS) is 27.8. The first kappa shape index (κ1) is 21.6. The number of nitrogens with zero attached hydrogens (tertiary/aromatic N) is 2. The molecular weight excluding hydrogens is 424 g/mol. The van der Waals surface area contributed by atoms with E-state index in [4.69, 9.17) is 16.3 Å². The molecule has 2 atom stereocenters. The molecule has 1 aliphatic carbocycles. The predicted molar refractivity (Wildman–Crippen MR) is 126 cm³/mol. The average Bonchev–Trinajstić information content (AvgIpc) is 3.04. The van der Waals surface area contributed by atoms with Crippen LogP contribution in [-0.2, 0) is 6.42 Å². The van der Waals surface area contributed by atoms with Crippen molar-refractivity contribution >= 4 is 17.7 Å². The van der Waals surface area contributed by atoms with Crippen molar-refractivity contribution in [2.75, 3.05) is 26.7 Å². The second-order valence-corrected chi connectivity index (χ2v) is 10.6. The molecule has 5 nitrogen and oxygen atoms in total. The van der Waals surface area contributed by atoms with Gasteiger partial charge in [-0.25, -0.2) is 4.79 Å². The van der Waals surface area contributed by atoms with Crippen LogP contribution in [0.2, 0.25) is 5.02 Å². The number of fused-ring (bicyclic) bond motifs is 4. The van der Waals surface area contributed by atoms with Crippen LogP contribution in [-0.4, -0.2) is 53.8 Å². The molecule has 2 aromatic rings. The minimum Gasteiger partial charge on any atom is -0.495 e. The van der Waals surface area contributed by atoms with Crippen LogP contribution in [0.4, 0.5) is 4.79 Å². The maximum absolute atomic E-state index is 12.6. The van der Waals surface area contributed by atoms with Crippen LogP contribution in [0.3, 0.4) is 0 Å². The van der Waals surface area contributed by atoms with E-state index >= 15 is 0 Å². The van der Waals surface area contributed by atoms with E-state index in [1.807, 2.05) is 23.1 Å². The van der Waals surface area contributed by atoms with Crippen molar-refractivity contribution < 1.29 is 14.6 Å². The third kappa shape index (κ3) is 3.56. The fourth-order valence-electron chi connectivity index (χ4n) is 6.28. The fourth-order valence-corrected chi connectivity index (χ4v) is 6.54. The van der Waals surface area contributed by atoms with Gasteiger partial charge in [0.15, 0.2) is 0 Å². The second-order valence-electron chi connectivity index (χ2n) is 10.2. The number of benzene rings is 2. The molecule has 3 aliphatic heterocycles. The lowest BCUT2D eigenvalue weighted by molar-refractivity contribution is -0.0267. The van der Waals surface area contributed by atoms with E-state index in [1.54, 1.807) is 7.11 Å². The number of ether oxygens (including phenoxy) is 1. The minimum absolute atomic E-state index is 0.0743. The summed E-state index contributed by atoms with van der Waals surface area (Å²) >= 11 is 6.36. The summed E-state index contributed by atoms with van der Waals surface area (Å²) in [6, 6.07) is 12.2. The molecule has 1 N–H and O–H groups in total. The molecule has 0 aromatic heterocycles. The average molecular weight is 455 g/mol. The van der Waals surface area contributed by atoms with Gasteiger partial charge in [-0.15, -0.1) is 0 Å². The number of piperidine rings is 3. The first-order valence-corrected chi connectivity index (χ1v) is 11.9. The maximum Gasteiger partial charge on any atom is 0.408 e. The molecule has 32 heavy (non-hydrogen) atoms. The molecule has 6 rings (SSSR count). The number of methoxy groups -OCH3 is 1.